The number of carbonyl (C=O) groups is 1. The molecule has 9 nitrogen and oxygen atoms in total. The van der Waals surface area contributed by atoms with E-state index in [0.29, 0.717) is 0 Å². The highest BCUT2D eigenvalue weighted by molar-refractivity contribution is 5.99. The molecule has 0 atom stereocenters. The Morgan fingerprint density at radius 1 is 1.19 bits per heavy atom. The Morgan fingerprint density at radius 3 is 2.63 bits per heavy atom. The van der Waals surface area contributed by atoms with Crippen molar-refractivity contribution in [2.24, 2.45) is 12.8 Å². The van der Waals surface area contributed by atoms with Crippen LogP contribution in [0.3, 0.4) is 0 Å². The maximum absolute atomic E-state index is 11.4. The number of urea groups is 1. The first kappa shape index (κ1) is 17.2. The smallest absolute Gasteiger partial charge is 0.314 e. The molecular formula is C18H22N8O. The van der Waals surface area contributed by atoms with Gasteiger partial charge in [-0.05, 0) is 25.0 Å². The van der Waals surface area contributed by atoms with E-state index in [-0.39, 0.29) is 12.1 Å². The van der Waals surface area contributed by atoms with E-state index in [9.17, 15) is 4.79 Å². The standard InChI is InChI=1S/C18H22N8O/c1-24(18(19)27)12-5-9-26(10-6-12)17-14-11-20-7-3-13(14)16(22-23-17)15-4-8-21-25(15)2/h3-4,7-8,11-12H,5-6,9-10H2,1-2H3,(H2,19,27). The number of hydrogen-bond acceptors (Lipinski definition) is 6. The van der Waals surface area contributed by atoms with Gasteiger partial charge in [-0.25, -0.2) is 4.79 Å². The zero-order chi connectivity index (χ0) is 19.0. The summed E-state index contributed by atoms with van der Waals surface area (Å²) in [4.78, 5) is 19.5. The van der Waals surface area contributed by atoms with E-state index < -0.39 is 0 Å². The summed E-state index contributed by atoms with van der Waals surface area (Å²) in [7, 11) is 3.64. The Kier molecular flexibility index (Phi) is 4.35. The van der Waals surface area contributed by atoms with Gasteiger partial charge >= 0.3 is 6.03 Å². The van der Waals surface area contributed by atoms with Gasteiger partial charge in [0.25, 0.3) is 0 Å². The number of anilines is 1. The van der Waals surface area contributed by atoms with Crippen molar-refractivity contribution in [1.82, 2.24) is 29.9 Å². The second kappa shape index (κ2) is 6.82. The minimum absolute atomic E-state index is 0.157. The molecule has 3 aromatic heterocycles. The van der Waals surface area contributed by atoms with Crippen molar-refractivity contribution in [3.63, 3.8) is 0 Å². The van der Waals surface area contributed by atoms with Crippen molar-refractivity contribution in [2.75, 3.05) is 25.0 Å². The van der Waals surface area contributed by atoms with Gasteiger partial charge in [0.15, 0.2) is 5.82 Å². The summed E-state index contributed by atoms with van der Waals surface area (Å²) in [6.07, 6.45) is 7.03. The van der Waals surface area contributed by atoms with E-state index in [4.69, 9.17) is 5.73 Å². The number of hydrogen-bond donors (Lipinski definition) is 1. The third-order valence-corrected chi connectivity index (χ3v) is 5.28. The summed E-state index contributed by atoms with van der Waals surface area (Å²) in [6, 6.07) is 3.66. The quantitative estimate of drug-likeness (QED) is 0.751. The zero-order valence-electron chi connectivity index (χ0n) is 15.4. The average Bonchev–Trinajstić information content (AvgIpc) is 3.12. The van der Waals surface area contributed by atoms with Gasteiger partial charge < -0.3 is 15.5 Å². The number of amides is 2. The van der Waals surface area contributed by atoms with Gasteiger partial charge in [-0.2, -0.15) is 5.10 Å². The van der Waals surface area contributed by atoms with Crippen LogP contribution in [0.2, 0.25) is 0 Å². The third kappa shape index (κ3) is 3.05. The molecule has 0 unspecified atom stereocenters. The molecule has 2 amide bonds. The van der Waals surface area contributed by atoms with E-state index in [1.807, 2.05) is 25.4 Å². The first-order valence-corrected chi connectivity index (χ1v) is 8.92. The Bertz CT molecular complexity index is 976. The Balaban J connectivity index is 1.67. The van der Waals surface area contributed by atoms with Crippen molar-refractivity contribution < 1.29 is 4.79 Å². The lowest BCUT2D eigenvalue weighted by molar-refractivity contribution is 0.189. The molecule has 0 radical (unpaired) electrons. The molecule has 0 spiro atoms. The maximum atomic E-state index is 11.4. The fourth-order valence-electron chi connectivity index (χ4n) is 3.66. The number of aromatic nitrogens is 5. The van der Waals surface area contributed by atoms with Gasteiger partial charge in [-0.15, -0.1) is 10.2 Å². The molecule has 1 aliphatic heterocycles. The highest BCUT2D eigenvalue weighted by Crippen LogP contribution is 2.32. The van der Waals surface area contributed by atoms with E-state index in [0.717, 1.165) is 53.9 Å². The van der Waals surface area contributed by atoms with Crippen molar-refractivity contribution in [3.8, 4) is 11.4 Å². The number of pyridine rings is 1. The summed E-state index contributed by atoms with van der Waals surface area (Å²) in [6.45, 7) is 1.57. The summed E-state index contributed by atoms with van der Waals surface area (Å²) >= 11 is 0. The highest BCUT2D eigenvalue weighted by Gasteiger charge is 2.26. The predicted octanol–water partition coefficient (Wildman–Crippen LogP) is 1.40. The molecule has 0 aliphatic carbocycles. The predicted molar refractivity (Wildman–Crippen MR) is 102 cm³/mol. The lowest BCUT2D eigenvalue weighted by Crippen LogP contribution is -2.47. The third-order valence-electron chi connectivity index (χ3n) is 5.28. The molecule has 1 fully saturated rings. The Morgan fingerprint density at radius 2 is 1.96 bits per heavy atom. The molecule has 1 saturated heterocycles. The number of nitrogens with two attached hydrogens (primary N) is 1. The SMILES string of the molecule is CN(C(N)=O)C1CCN(c2nnc(-c3ccnn3C)c3ccncc23)CC1. The number of primary amides is 1. The van der Waals surface area contributed by atoms with Gasteiger partial charge in [-0.1, -0.05) is 0 Å². The van der Waals surface area contributed by atoms with Crippen molar-refractivity contribution >= 4 is 22.6 Å². The minimum atomic E-state index is -0.386. The van der Waals surface area contributed by atoms with Crippen LogP contribution >= 0.6 is 0 Å². The van der Waals surface area contributed by atoms with Gasteiger partial charge in [0.1, 0.15) is 5.69 Å². The lowest BCUT2D eigenvalue weighted by atomic mass is 10.0. The van der Waals surface area contributed by atoms with Crippen molar-refractivity contribution in [1.29, 1.82) is 0 Å². The van der Waals surface area contributed by atoms with Crippen LogP contribution in [-0.4, -0.2) is 62.1 Å². The van der Waals surface area contributed by atoms with Crippen LogP contribution in [0.15, 0.2) is 30.7 Å². The van der Waals surface area contributed by atoms with Gasteiger partial charge in [0.2, 0.25) is 0 Å². The normalized spacial score (nSPS) is 15.3. The van der Waals surface area contributed by atoms with Crippen LogP contribution < -0.4 is 10.6 Å². The molecule has 140 valence electrons. The van der Waals surface area contributed by atoms with E-state index in [2.05, 4.69) is 25.2 Å². The van der Waals surface area contributed by atoms with E-state index in [1.54, 1.807) is 29.0 Å². The number of carbonyl (C=O) groups excluding carboxylic acids is 1. The van der Waals surface area contributed by atoms with Crippen molar-refractivity contribution in [2.45, 2.75) is 18.9 Å². The minimum Gasteiger partial charge on any atom is -0.354 e. The number of piperidine rings is 1. The molecule has 4 rings (SSSR count). The second-order valence-electron chi connectivity index (χ2n) is 6.80. The molecule has 0 bridgehead atoms. The van der Waals surface area contributed by atoms with Gasteiger partial charge in [-0.3, -0.25) is 9.67 Å². The molecule has 2 N–H and O–H groups in total. The van der Waals surface area contributed by atoms with Crippen LogP contribution in [0.25, 0.3) is 22.2 Å². The summed E-state index contributed by atoms with van der Waals surface area (Å²) < 4.78 is 1.79. The average molecular weight is 366 g/mol. The molecule has 9 heteroatoms. The number of rotatable bonds is 3. The molecule has 3 aromatic rings. The second-order valence-corrected chi connectivity index (χ2v) is 6.80. The molecule has 0 aromatic carbocycles. The maximum Gasteiger partial charge on any atom is 0.314 e. The highest BCUT2D eigenvalue weighted by atomic mass is 16.2. The summed E-state index contributed by atoms with van der Waals surface area (Å²) in [5, 5.41) is 15.2. The molecule has 4 heterocycles. The zero-order valence-corrected chi connectivity index (χ0v) is 15.4. The van der Waals surface area contributed by atoms with Gasteiger partial charge in [0.05, 0.1) is 5.69 Å². The van der Waals surface area contributed by atoms with Crippen LogP contribution in [0, 0.1) is 0 Å². The van der Waals surface area contributed by atoms with Crippen LogP contribution in [0.1, 0.15) is 12.8 Å². The fourth-order valence-corrected chi connectivity index (χ4v) is 3.66. The molecule has 0 saturated carbocycles. The largest absolute Gasteiger partial charge is 0.354 e. The summed E-state index contributed by atoms with van der Waals surface area (Å²) in [5.41, 5.74) is 7.10. The van der Waals surface area contributed by atoms with Gasteiger partial charge in [0, 0.05) is 62.6 Å². The Labute approximate surface area is 156 Å². The first-order chi connectivity index (χ1) is 13.1. The number of aryl methyl sites for hydroxylation is 1. The molecular weight excluding hydrogens is 344 g/mol. The van der Waals surface area contributed by atoms with Crippen LogP contribution in [-0.2, 0) is 7.05 Å². The fraction of sp³-hybridized carbons (Fsp3) is 0.389. The Hall–Kier alpha value is -3.23. The topological polar surface area (TPSA) is 106 Å². The molecule has 27 heavy (non-hydrogen) atoms. The molecule has 1 aliphatic rings. The first-order valence-electron chi connectivity index (χ1n) is 8.92. The number of nitrogens with zero attached hydrogens (tertiary/aromatic N) is 7. The monoisotopic (exact) mass is 366 g/mol. The van der Waals surface area contributed by atoms with Crippen LogP contribution in [0.5, 0.6) is 0 Å². The van der Waals surface area contributed by atoms with E-state index >= 15 is 0 Å². The van der Waals surface area contributed by atoms with E-state index in [1.165, 1.54) is 0 Å². The van der Waals surface area contributed by atoms with Crippen LogP contribution in [0.4, 0.5) is 10.6 Å². The lowest BCUT2D eigenvalue weighted by Gasteiger charge is -2.36. The summed E-state index contributed by atoms with van der Waals surface area (Å²) in [5.74, 6) is 0.823. The number of fused-ring (bicyclic) bond motifs is 1. The van der Waals surface area contributed by atoms with Crippen molar-refractivity contribution in [3.05, 3.63) is 30.7 Å².